The summed E-state index contributed by atoms with van der Waals surface area (Å²) in [4.78, 5) is 0.287. The molecule has 0 aromatic heterocycles. The molecular weight excluding hydrogens is 274 g/mol. The maximum Gasteiger partial charge on any atom is 0.241 e. The molecule has 2 N–H and O–H groups in total. The number of aryl methyl sites for hydroxylation is 1. The van der Waals surface area contributed by atoms with Crippen molar-refractivity contribution in [2.24, 2.45) is 0 Å². The van der Waals surface area contributed by atoms with Crippen molar-refractivity contribution in [1.29, 1.82) is 0 Å². The first kappa shape index (κ1) is 15.5. The van der Waals surface area contributed by atoms with Gasteiger partial charge in [-0.1, -0.05) is 18.9 Å². The van der Waals surface area contributed by atoms with Crippen molar-refractivity contribution in [3.63, 3.8) is 0 Å². The smallest absolute Gasteiger partial charge is 0.241 e. The van der Waals surface area contributed by atoms with Gasteiger partial charge in [0.05, 0.1) is 11.5 Å². The van der Waals surface area contributed by atoms with Crippen molar-refractivity contribution in [2.75, 3.05) is 0 Å². The van der Waals surface area contributed by atoms with Crippen LogP contribution in [0, 0.1) is 13.8 Å². The van der Waals surface area contributed by atoms with E-state index < -0.39 is 10.0 Å². The van der Waals surface area contributed by atoms with Crippen molar-refractivity contribution in [3.05, 3.63) is 28.8 Å². The van der Waals surface area contributed by atoms with E-state index in [0.717, 1.165) is 36.8 Å². The van der Waals surface area contributed by atoms with E-state index >= 15 is 0 Å². The Morgan fingerprint density at radius 2 is 1.85 bits per heavy atom. The van der Waals surface area contributed by atoms with Gasteiger partial charge in [0.25, 0.3) is 0 Å². The van der Waals surface area contributed by atoms with Gasteiger partial charge in [-0.15, -0.1) is 0 Å². The number of sulfonamides is 1. The van der Waals surface area contributed by atoms with Gasteiger partial charge in [0.2, 0.25) is 10.0 Å². The molecule has 1 aliphatic carbocycles. The van der Waals surface area contributed by atoms with E-state index in [-0.39, 0.29) is 17.0 Å². The number of hydrogen-bond acceptors (Lipinski definition) is 3. The summed E-state index contributed by atoms with van der Waals surface area (Å²) >= 11 is 0. The van der Waals surface area contributed by atoms with Crippen LogP contribution < -0.4 is 4.72 Å². The number of nitrogens with one attached hydrogen (secondary N) is 1. The summed E-state index contributed by atoms with van der Waals surface area (Å²) in [5.74, 6) is 0. The molecule has 0 radical (unpaired) electrons. The second kappa shape index (κ2) is 5.47. The van der Waals surface area contributed by atoms with Gasteiger partial charge >= 0.3 is 0 Å². The summed E-state index contributed by atoms with van der Waals surface area (Å²) in [6.07, 6.45) is 3.88. The van der Waals surface area contributed by atoms with E-state index in [1.807, 2.05) is 26.8 Å². The Balaban J connectivity index is 2.41. The van der Waals surface area contributed by atoms with Crippen LogP contribution >= 0.6 is 0 Å². The summed E-state index contributed by atoms with van der Waals surface area (Å²) < 4.78 is 28.1. The third kappa shape index (κ3) is 3.05. The van der Waals surface area contributed by atoms with Crippen molar-refractivity contribution in [1.82, 2.24) is 4.72 Å². The molecule has 0 atom stereocenters. The predicted octanol–water partition coefficient (Wildman–Crippen LogP) is 2.41. The molecule has 2 rings (SSSR count). The molecule has 0 spiro atoms. The van der Waals surface area contributed by atoms with E-state index in [9.17, 15) is 13.5 Å². The summed E-state index contributed by atoms with van der Waals surface area (Å²) in [6, 6.07) is 3.40. The summed E-state index contributed by atoms with van der Waals surface area (Å²) in [6.45, 7) is 5.49. The van der Waals surface area contributed by atoms with Gasteiger partial charge in [-0.3, -0.25) is 0 Å². The zero-order valence-corrected chi connectivity index (χ0v) is 13.2. The average Bonchev–Trinajstić information content (AvgIpc) is 2.77. The second-order valence-corrected chi connectivity index (χ2v) is 7.72. The van der Waals surface area contributed by atoms with Crippen LogP contribution in [0.4, 0.5) is 0 Å². The molecule has 0 unspecified atom stereocenters. The molecule has 1 fully saturated rings. The Labute approximate surface area is 121 Å². The van der Waals surface area contributed by atoms with Crippen LogP contribution in [0.2, 0.25) is 0 Å². The normalized spacial score (nSPS) is 18.4. The lowest BCUT2D eigenvalue weighted by Crippen LogP contribution is -2.43. The van der Waals surface area contributed by atoms with E-state index in [2.05, 4.69) is 4.72 Å². The first-order valence-corrected chi connectivity index (χ1v) is 8.51. The highest BCUT2D eigenvalue weighted by atomic mass is 32.2. The van der Waals surface area contributed by atoms with Gasteiger partial charge < -0.3 is 5.11 Å². The Morgan fingerprint density at radius 1 is 1.25 bits per heavy atom. The number of hydrogen-bond donors (Lipinski definition) is 2. The summed E-state index contributed by atoms with van der Waals surface area (Å²) in [7, 11) is -3.55. The highest BCUT2D eigenvalue weighted by molar-refractivity contribution is 7.89. The fourth-order valence-electron chi connectivity index (χ4n) is 2.91. The zero-order chi connectivity index (χ0) is 15.0. The van der Waals surface area contributed by atoms with Crippen LogP contribution in [0.25, 0.3) is 0 Å². The highest BCUT2D eigenvalue weighted by Crippen LogP contribution is 2.31. The first-order valence-electron chi connectivity index (χ1n) is 7.02. The Morgan fingerprint density at radius 3 is 2.40 bits per heavy atom. The van der Waals surface area contributed by atoms with Crippen LogP contribution in [0.5, 0.6) is 0 Å². The monoisotopic (exact) mass is 297 g/mol. The number of benzene rings is 1. The van der Waals surface area contributed by atoms with Crippen molar-refractivity contribution >= 4 is 10.0 Å². The fraction of sp³-hybridized carbons (Fsp3) is 0.600. The Bertz CT molecular complexity index is 602. The number of rotatable bonds is 4. The van der Waals surface area contributed by atoms with E-state index in [0.29, 0.717) is 5.56 Å². The molecule has 5 heteroatoms. The zero-order valence-electron chi connectivity index (χ0n) is 12.4. The molecule has 0 heterocycles. The van der Waals surface area contributed by atoms with E-state index in [4.69, 9.17) is 0 Å². The van der Waals surface area contributed by atoms with E-state index in [1.54, 1.807) is 6.07 Å². The molecule has 0 saturated heterocycles. The van der Waals surface area contributed by atoms with Crippen LogP contribution in [0.1, 0.15) is 49.3 Å². The van der Waals surface area contributed by atoms with Crippen molar-refractivity contribution < 1.29 is 13.5 Å². The third-order valence-corrected chi connectivity index (χ3v) is 6.00. The van der Waals surface area contributed by atoms with Crippen LogP contribution in [0.3, 0.4) is 0 Å². The average molecular weight is 297 g/mol. The van der Waals surface area contributed by atoms with Gasteiger partial charge in [0.15, 0.2) is 0 Å². The molecule has 1 aliphatic rings. The SMILES string of the molecule is Cc1cc(CO)cc(S(=O)(=O)NC2(C)CCCC2)c1C. The van der Waals surface area contributed by atoms with Crippen LogP contribution in [-0.4, -0.2) is 19.1 Å². The summed E-state index contributed by atoms with van der Waals surface area (Å²) in [5, 5.41) is 9.26. The molecular formula is C15H23NO3S. The molecule has 112 valence electrons. The lowest BCUT2D eigenvalue weighted by Gasteiger charge is -2.25. The van der Waals surface area contributed by atoms with Gasteiger partial charge in [-0.2, -0.15) is 0 Å². The summed E-state index contributed by atoms with van der Waals surface area (Å²) in [5.41, 5.74) is 1.92. The maximum atomic E-state index is 12.6. The molecule has 0 bridgehead atoms. The lowest BCUT2D eigenvalue weighted by atomic mass is 10.0. The van der Waals surface area contributed by atoms with Gasteiger partial charge in [0.1, 0.15) is 0 Å². The molecule has 0 aliphatic heterocycles. The van der Waals surface area contributed by atoms with Crippen molar-refractivity contribution in [3.8, 4) is 0 Å². The largest absolute Gasteiger partial charge is 0.392 e. The van der Waals surface area contributed by atoms with Gasteiger partial charge in [-0.25, -0.2) is 13.1 Å². The second-order valence-electron chi connectivity index (χ2n) is 6.07. The number of aliphatic hydroxyl groups is 1. The minimum Gasteiger partial charge on any atom is -0.392 e. The Hall–Kier alpha value is -0.910. The third-order valence-electron chi connectivity index (χ3n) is 4.24. The fourth-order valence-corrected chi connectivity index (χ4v) is 4.74. The van der Waals surface area contributed by atoms with Gasteiger partial charge in [0, 0.05) is 5.54 Å². The molecule has 1 saturated carbocycles. The molecule has 1 aromatic carbocycles. The van der Waals surface area contributed by atoms with Gasteiger partial charge in [-0.05, 0) is 56.4 Å². The quantitative estimate of drug-likeness (QED) is 0.897. The minimum absolute atomic E-state index is 0.152. The standard InChI is InChI=1S/C15H23NO3S/c1-11-8-13(10-17)9-14(12(11)2)20(18,19)16-15(3)6-4-5-7-15/h8-9,16-17H,4-7,10H2,1-3H3. The van der Waals surface area contributed by atoms with Crippen molar-refractivity contribution in [2.45, 2.75) is 63.5 Å². The highest BCUT2D eigenvalue weighted by Gasteiger charge is 2.34. The number of aliphatic hydroxyl groups excluding tert-OH is 1. The lowest BCUT2D eigenvalue weighted by molar-refractivity contribution is 0.281. The first-order chi connectivity index (χ1) is 9.27. The van der Waals surface area contributed by atoms with Crippen LogP contribution in [0.15, 0.2) is 17.0 Å². The molecule has 1 aromatic rings. The predicted molar refractivity (Wildman–Crippen MR) is 79.0 cm³/mol. The van der Waals surface area contributed by atoms with E-state index in [1.165, 1.54) is 0 Å². The topological polar surface area (TPSA) is 66.4 Å². The molecule has 20 heavy (non-hydrogen) atoms. The molecule has 0 amide bonds. The van der Waals surface area contributed by atoms with Crippen LogP contribution in [-0.2, 0) is 16.6 Å². The minimum atomic E-state index is -3.55. The maximum absolute atomic E-state index is 12.6. The molecule has 4 nitrogen and oxygen atoms in total. The Kier molecular flexibility index (Phi) is 4.23.